The maximum atomic E-state index is 12.6. The molecule has 4 N–H and O–H groups in total. The summed E-state index contributed by atoms with van der Waals surface area (Å²) in [4.78, 5) is 12.6. The van der Waals surface area contributed by atoms with E-state index in [2.05, 4.69) is 19.2 Å². The van der Waals surface area contributed by atoms with E-state index in [0.717, 1.165) is 44.9 Å². The van der Waals surface area contributed by atoms with Crippen molar-refractivity contribution in [2.75, 3.05) is 5.75 Å². The van der Waals surface area contributed by atoms with Crippen molar-refractivity contribution in [2.45, 2.75) is 276 Å². The van der Waals surface area contributed by atoms with Crippen LogP contribution in [0.3, 0.4) is 0 Å². The molecule has 0 aromatic rings. The Morgan fingerprint density at radius 3 is 0.943 bits per heavy atom. The van der Waals surface area contributed by atoms with E-state index in [9.17, 15) is 28.0 Å². The van der Waals surface area contributed by atoms with Crippen LogP contribution in [0.2, 0.25) is 0 Å². The molecule has 0 radical (unpaired) electrons. The zero-order valence-corrected chi connectivity index (χ0v) is 36.1. The van der Waals surface area contributed by atoms with Gasteiger partial charge in [-0.1, -0.05) is 245 Å². The molecule has 0 aliphatic heterocycles. The molecule has 0 fully saturated rings. The number of aliphatic hydroxyl groups excluding tert-OH is 2. The summed E-state index contributed by atoms with van der Waals surface area (Å²) in [7, 11) is -4.41. The molecular formula is C45H91NO6S. The lowest BCUT2D eigenvalue weighted by Gasteiger charge is -2.24. The van der Waals surface area contributed by atoms with Crippen LogP contribution in [-0.2, 0) is 14.9 Å². The van der Waals surface area contributed by atoms with E-state index in [1.54, 1.807) is 0 Å². The van der Waals surface area contributed by atoms with Crippen molar-refractivity contribution in [2.24, 2.45) is 0 Å². The van der Waals surface area contributed by atoms with Crippen molar-refractivity contribution in [3.05, 3.63) is 0 Å². The third-order valence-corrected chi connectivity index (χ3v) is 11.9. The van der Waals surface area contributed by atoms with E-state index < -0.39 is 40.0 Å². The summed E-state index contributed by atoms with van der Waals surface area (Å²) in [5.41, 5.74) is 0. The molecule has 0 aliphatic carbocycles. The van der Waals surface area contributed by atoms with Crippen LogP contribution in [0.1, 0.15) is 258 Å². The topological polar surface area (TPSA) is 124 Å². The Morgan fingerprint density at radius 2 is 0.679 bits per heavy atom. The molecule has 7 nitrogen and oxygen atoms in total. The van der Waals surface area contributed by atoms with Crippen molar-refractivity contribution in [3.8, 4) is 0 Å². The summed E-state index contributed by atoms with van der Waals surface area (Å²) in [6.07, 6.45) is 44.1. The largest absolute Gasteiger partial charge is 0.391 e. The van der Waals surface area contributed by atoms with E-state index >= 15 is 0 Å². The first-order valence-corrected chi connectivity index (χ1v) is 24.9. The predicted octanol–water partition coefficient (Wildman–Crippen LogP) is 12.9. The number of carbonyl (C=O) groups excluding carboxylic acids is 1. The molecule has 0 saturated heterocycles. The zero-order chi connectivity index (χ0) is 39.1. The van der Waals surface area contributed by atoms with Gasteiger partial charge in [0, 0.05) is 0 Å². The van der Waals surface area contributed by atoms with Crippen molar-refractivity contribution in [1.82, 2.24) is 5.32 Å². The van der Waals surface area contributed by atoms with Gasteiger partial charge in [-0.15, -0.1) is 0 Å². The highest BCUT2D eigenvalue weighted by atomic mass is 32.2. The molecule has 3 atom stereocenters. The van der Waals surface area contributed by atoms with E-state index in [1.165, 1.54) is 186 Å². The molecule has 0 heterocycles. The summed E-state index contributed by atoms with van der Waals surface area (Å²) < 4.78 is 32.7. The lowest BCUT2D eigenvalue weighted by molar-refractivity contribution is -0.131. The zero-order valence-electron chi connectivity index (χ0n) is 35.3. The Hall–Kier alpha value is -0.700. The highest BCUT2D eigenvalue weighted by Gasteiger charge is 2.28. The Morgan fingerprint density at radius 1 is 0.434 bits per heavy atom. The molecule has 0 bridgehead atoms. The quantitative estimate of drug-likeness (QED) is 0.0361. The lowest BCUT2D eigenvalue weighted by Crippen LogP contribution is -2.50. The monoisotopic (exact) mass is 774 g/mol. The number of hydrogen-bond donors (Lipinski definition) is 4. The lowest BCUT2D eigenvalue weighted by atomic mass is 10.0. The molecule has 0 spiro atoms. The van der Waals surface area contributed by atoms with Crippen molar-refractivity contribution < 1.29 is 28.0 Å². The summed E-state index contributed by atoms with van der Waals surface area (Å²) in [6.45, 7) is 4.54. The number of amides is 1. The first-order chi connectivity index (χ1) is 25.7. The third kappa shape index (κ3) is 39.3. The van der Waals surface area contributed by atoms with Crippen LogP contribution in [0.5, 0.6) is 0 Å². The number of rotatable bonds is 43. The van der Waals surface area contributed by atoms with Gasteiger partial charge in [-0.2, -0.15) is 8.42 Å². The maximum absolute atomic E-state index is 12.6. The molecule has 0 aromatic heterocycles. The van der Waals surface area contributed by atoms with Gasteiger partial charge < -0.3 is 15.5 Å². The number of aliphatic hydroxyl groups is 2. The van der Waals surface area contributed by atoms with Gasteiger partial charge in [0.1, 0.15) is 6.10 Å². The van der Waals surface area contributed by atoms with Gasteiger partial charge in [-0.25, -0.2) is 0 Å². The van der Waals surface area contributed by atoms with Crippen LogP contribution < -0.4 is 5.32 Å². The fourth-order valence-electron chi connectivity index (χ4n) is 7.58. The third-order valence-electron chi connectivity index (χ3n) is 11.2. The minimum atomic E-state index is -4.41. The maximum Gasteiger partial charge on any atom is 0.266 e. The number of hydrogen-bond acceptors (Lipinski definition) is 5. The predicted molar refractivity (Wildman–Crippen MR) is 227 cm³/mol. The van der Waals surface area contributed by atoms with Crippen LogP contribution in [0.25, 0.3) is 0 Å². The minimum Gasteiger partial charge on any atom is -0.391 e. The standard InChI is InChI=1S/C45H91NO6S/c1-3-5-7-9-11-13-15-17-19-21-22-24-25-27-29-31-33-35-37-39-43(47)42(41-53(50,51)52)46-45(49)44(48)40-38-36-34-32-30-28-26-23-20-18-16-14-12-10-8-6-4-2/h42-44,47-48H,3-41H2,1-2H3,(H,46,49)(H,50,51,52). The van der Waals surface area contributed by atoms with Gasteiger partial charge in [0.25, 0.3) is 10.1 Å². The normalized spacial score (nSPS) is 13.7. The van der Waals surface area contributed by atoms with Crippen LogP contribution in [0.15, 0.2) is 0 Å². The molecule has 3 unspecified atom stereocenters. The van der Waals surface area contributed by atoms with Gasteiger partial charge in [-0.05, 0) is 12.8 Å². The smallest absolute Gasteiger partial charge is 0.266 e. The first kappa shape index (κ1) is 52.3. The van der Waals surface area contributed by atoms with Crippen molar-refractivity contribution in [1.29, 1.82) is 0 Å². The fourth-order valence-corrected chi connectivity index (χ4v) is 8.34. The molecule has 318 valence electrons. The van der Waals surface area contributed by atoms with Gasteiger partial charge >= 0.3 is 0 Å². The second-order valence-electron chi connectivity index (χ2n) is 16.5. The van der Waals surface area contributed by atoms with Crippen LogP contribution in [0, 0.1) is 0 Å². The highest BCUT2D eigenvalue weighted by Crippen LogP contribution is 2.17. The fraction of sp³-hybridized carbons (Fsp3) is 0.978. The summed E-state index contributed by atoms with van der Waals surface area (Å²) in [6, 6.07) is -1.14. The Balaban J connectivity index is 3.87. The molecule has 0 saturated carbocycles. The van der Waals surface area contributed by atoms with Gasteiger partial charge in [-0.3, -0.25) is 9.35 Å². The Labute approximate surface area is 330 Å². The summed E-state index contributed by atoms with van der Waals surface area (Å²) in [5, 5.41) is 23.6. The van der Waals surface area contributed by atoms with Crippen LogP contribution >= 0.6 is 0 Å². The first-order valence-electron chi connectivity index (χ1n) is 23.3. The Kier molecular flexibility index (Phi) is 39.0. The average Bonchev–Trinajstić information content (AvgIpc) is 3.12. The molecular weight excluding hydrogens is 683 g/mol. The van der Waals surface area contributed by atoms with Crippen molar-refractivity contribution in [3.63, 3.8) is 0 Å². The minimum absolute atomic E-state index is 0.304. The van der Waals surface area contributed by atoms with Gasteiger partial charge in [0.05, 0.1) is 17.9 Å². The molecule has 0 rings (SSSR count). The average molecular weight is 774 g/mol. The van der Waals surface area contributed by atoms with E-state index in [0.29, 0.717) is 12.8 Å². The Bertz CT molecular complexity index is 869. The van der Waals surface area contributed by atoms with E-state index in [4.69, 9.17) is 0 Å². The summed E-state index contributed by atoms with van der Waals surface area (Å²) >= 11 is 0. The van der Waals surface area contributed by atoms with Gasteiger partial charge in [0.15, 0.2) is 0 Å². The second kappa shape index (κ2) is 39.5. The van der Waals surface area contributed by atoms with Crippen LogP contribution in [0.4, 0.5) is 0 Å². The van der Waals surface area contributed by atoms with Crippen molar-refractivity contribution >= 4 is 16.0 Å². The molecule has 8 heteroatoms. The van der Waals surface area contributed by atoms with Crippen LogP contribution in [-0.4, -0.2) is 53.1 Å². The molecule has 53 heavy (non-hydrogen) atoms. The summed E-state index contributed by atoms with van der Waals surface area (Å²) in [5.74, 6) is -1.44. The number of carbonyl (C=O) groups is 1. The van der Waals surface area contributed by atoms with E-state index in [1.807, 2.05) is 0 Å². The van der Waals surface area contributed by atoms with Gasteiger partial charge in [0.2, 0.25) is 5.91 Å². The second-order valence-corrected chi connectivity index (χ2v) is 18.0. The SMILES string of the molecule is CCCCCCCCCCCCCCCCCCCCCC(O)C(CS(=O)(=O)O)NC(=O)C(O)CCCCCCCCCCCCCCCCCCC. The highest BCUT2D eigenvalue weighted by molar-refractivity contribution is 7.85. The number of nitrogens with one attached hydrogen (secondary N) is 1. The molecule has 0 aromatic carbocycles. The van der Waals surface area contributed by atoms with E-state index in [-0.39, 0.29) is 0 Å². The number of unbranched alkanes of at least 4 members (excludes halogenated alkanes) is 34. The molecule has 1 amide bonds. The molecule has 0 aliphatic rings.